The van der Waals surface area contributed by atoms with Crippen LogP contribution in [0.15, 0.2) is 0 Å². The van der Waals surface area contributed by atoms with Crippen molar-refractivity contribution in [2.75, 3.05) is 6.54 Å². The molecule has 80 valence electrons. The third kappa shape index (κ3) is 2.61. The molecule has 14 heavy (non-hydrogen) atoms. The topological polar surface area (TPSA) is 90.4 Å². The Morgan fingerprint density at radius 3 is 2.79 bits per heavy atom. The molecule has 0 spiro atoms. The van der Waals surface area contributed by atoms with E-state index in [4.69, 9.17) is 16.2 Å². The van der Waals surface area contributed by atoms with E-state index in [1.54, 1.807) is 0 Å². The van der Waals surface area contributed by atoms with Crippen LogP contribution in [0.25, 0.3) is 0 Å². The van der Waals surface area contributed by atoms with Gasteiger partial charge >= 0.3 is 6.09 Å². The maximum Gasteiger partial charge on any atom is 0.407 e. The Balaban J connectivity index is 2.46. The number of nitrogens with one attached hydrogen (secondary N) is 1. The molecular formula is C9H17N3O2. The van der Waals surface area contributed by atoms with Crippen molar-refractivity contribution < 1.29 is 9.90 Å². The highest BCUT2D eigenvalue weighted by Crippen LogP contribution is 2.24. The first kappa shape index (κ1) is 10.8. The largest absolute Gasteiger partial charge is 0.465 e. The number of likely N-dealkylation sites (tertiary alicyclic amines) is 1. The highest BCUT2D eigenvalue weighted by atomic mass is 16.4. The Hall–Kier alpha value is -1.26. The van der Waals surface area contributed by atoms with Gasteiger partial charge in [-0.1, -0.05) is 0 Å². The summed E-state index contributed by atoms with van der Waals surface area (Å²) in [5.41, 5.74) is 5.32. The highest BCUT2D eigenvalue weighted by Gasteiger charge is 2.28. The first-order valence-corrected chi connectivity index (χ1v) is 4.83. The second kappa shape index (κ2) is 4.30. The first-order chi connectivity index (χ1) is 6.50. The zero-order valence-electron chi connectivity index (χ0n) is 8.36. The molecule has 2 atom stereocenters. The van der Waals surface area contributed by atoms with Crippen molar-refractivity contribution in [3.05, 3.63) is 0 Å². The molecule has 1 aliphatic heterocycles. The van der Waals surface area contributed by atoms with Gasteiger partial charge in [0.05, 0.1) is 5.84 Å². The monoisotopic (exact) mass is 199 g/mol. The van der Waals surface area contributed by atoms with E-state index in [2.05, 4.69) is 0 Å². The van der Waals surface area contributed by atoms with Crippen molar-refractivity contribution in [2.45, 2.75) is 32.2 Å². The molecule has 1 amide bonds. The smallest absolute Gasteiger partial charge is 0.407 e. The van der Waals surface area contributed by atoms with E-state index in [1.165, 1.54) is 4.90 Å². The molecule has 0 saturated carbocycles. The highest BCUT2D eigenvalue weighted by molar-refractivity contribution is 5.77. The number of carbonyl (C=O) groups is 1. The van der Waals surface area contributed by atoms with Gasteiger partial charge in [0.15, 0.2) is 0 Å². The Morgan fingerprint density at radius 1 is 1.71 bits per heavy atom. The molecule has 5 heteroatoms. The normalized spacial score (nSPS) is 27.4. The van der Waals surface area contributed by atoms with E-state index in [1.807, 2.05) is 6.92 Å². The van der Waals surface area contributed by atoms with Gasteiger partial charge in [-0.05, 0) is 25.7 Å². The van der Waals surface area contributed by atoms with Crippen molar-refractivity contribution in [3.63, 3.8) is 0 Å². The maximum absolute atomic E-state index is 10.8. The summed E-state index contributed by atoms with van der Waals surface area (Å²) in [7, 11) is 0. The summed E-state index contributed by atoms with van der Waals surface area (Å²) < 4.78 is 0. The van der Waals surface area contributed by atoms with E-state index in [9.17, 15) is 4.79 Å². The number of piperidine rings is 1. The number of hydrogen-bond donors (Lipinski definition) is 3. The zero-order chi connectivity index (χ0) is 10.7. The van der Waals surface area contributed by atoms with Crippen LogP contribution in [0.3, 0.4) is 0 Å². The average Bonchev–Trinajstić information content (AvgIpc) is 2.01. The van der Waals surface area contributed by atoms with Crippen LogP contribution in [-0.2, 0) is 0 Å². The quantitative estimate of drug-likeness (QED) is 0.459. The fourth-order valence-corrected chi connectivity index (χ4v) is 2.05. The molecule has 1 fully saturated rings. The number of nitrogens with two attached hydrogens (primary N) is 1. The van der Waals surface area contributed by atoms with Gasteiger partial charge in [0.2, 0.25) is 0 Å². The Labute approximate surface area is 83.4 Å². The summed E-state index contributed by atoms with van der Waals surface area (Å²) in [6, 6.07) is 0.0469. The fraction of sp³-hybridized carbons (Fsp3) is 0.778. The van der Waals surface area contributed by atoms with Crippen LogP contribution in [0.4, 0.5) is 4.79 Å². The minimum Gasteiger partial charge on any atom is -0.465 e. The lowest BCUT2D eigenvalue weighted by molar-refractivity contribution is 0.0972. The number of amidine groups is 1. The van der Waals surface area contributed by atoms with Crippen molar-refractivity contribution in [2.24, 2.45) is 11.7 Å². The van der Waals surface area contributed by atoms with E-state index in [0.717, 1.165) is 12.8 Å². The minimum absolute atomic E-state index is 0.0469. The summed E-state index contributed by atoms with van der Waals surface area (Å²) >= 11 is 0. The lowest BCUT2D eigenvalue weighted by atomic mass is 9.89. The zero-order valence-corrected chi connectivity index (χ0v) is 8.36. The molecule has 1 saturated heterocycles. The number of nitrogens with zero attached hydrogens (tertiary/aromatic N) is 1. The second-order valence-electron chi connectivity index (χ2n) is 3.94. The average molecular weight is 199 g/mol. The fourth-order valence-electron chi connectivity index (χ4n) is 2.05. The van der Waals surface area contributed by atoms with Crippen molar-refractivity contribution >= 4 is 11.9 Å². The van der Waals surface area contributed by atoms with E-state index in [-0.39, 0.29) is 11.9 Å². The van der Waals surface area contributed by atoms with Crippen LogP contribution < -0.4 is 5.73 Å². The van der Waals surface area contributed by atoms with Crippen LogP contribution in [0.5, 0.6) is 0 Å². The molecule has 1 rings (SSSR count). The summed E-state index contributed by atoms with van der Waals surface area (Å²) in [5, 5.41) is 16.0. The predicted octanol–water partition coefficient (Wildman–Crippen LogP) is 1.09. The summed E-state index contributed by atoms with van der Waals surface area (Å²) in [5.74, 6) is 0.573. The lowest BCUT2D eigenvalue weighted by Crippen LogP contribution is -2.44. The Kier molecular flexibility index (Phi) is 3.33. The van der Waals surface area contributed by atoms with Crippen LogP contribution in [-0.4, -0.2) is 34.5 Å². The summed E-state index contributed by atoms with van der Waals surface area (Å²) in [6.07, 6.45) is 1.37. The number of hydrogen-bond acceptors (Lipinski definition) is 2. The van der Waals surface area contributed by atoms with Crippen LogP contribution >= 0.6 is 0 Å². The number of carboxylic acid groups (broad SMARTS) is 1. The second-order valence-corrected chi connectivity index (χ2v) is 3.94. The molecule has 0 aromatic carbocycles. The molecule has 4 N–H and O–H groups in total. The van der Waals surface area contributed by atoms with Crippen molar-refractivity contribution in [1.29, 1.82) is 5.41 Å². The molecule has 0 aromatic heterocycles. The van der Waals surface area contributed by atoms with Gasteiger partial charge in [0.1, 0.15) is 0 Å². The van der Waals surface area contributed by atoms with E-state index >= 15 is 0 Å². The van der Waals surface area contributed by atoms with Crippen LogP contribution in [0.2, 0.25) is 0 Å². The van der Waals surface area contributed by atoms with Crippen LogP contribution in [0, 0.1) is 11.3 Å². The van der Waals surface area contributed by atoms with Crippen molar-refractivity contribution in [3.8, 4) is 0 Å². The summed E-state index contributed by atoms with van der Waals surface area (Å²) in [6.45, 7) is 2.47. The number of amides is 1. The standard InChI is InChI=1S/C9H17N3O2/c1-6-4-7(5-8(10)11)2-3-12(6)9(13)14/h6-7H,2-5H2,1H3,(H3,10,11)(H,13,14). The summed E-state index contributed by atoms with van der Waals surface area (Å²) in [4.78, 5) is 12.2. The lowest BCUT2D eigenvalue weighted by Gasteiger charge is -2.35. The molecule has 1 aliphatic rings. The van der Waals surface area contributed by atoms with E-state index in [0.29, 0.717) is 18.9 Å². The maximum atomic E-state index is 10.8. The molecule has 0 aliphatic carbocycles. The Bertz CT molecular complexity index is 242. The number of rotatable bonds is 2. The minimum atomic E-state index is -0.848. The van der Waals surface area contributed by atoms with Gasteiger partial charge in [0, 0.05) is 19.0 Å². The Morgan fingerprint density at radius 2 is 2.36 bits per heavy atom. The van der Waals surface area contributed by atoms with Crippen LogP contribution in [0.1, 0.15) is 26.2 Å². The molecule has 1 heterocycles. The predicted molar refractivity (Wildman–Crippen MR) is 53.4 cm³/mol. The van der Waals surface area contributed by atoms with Gasteiger partial charge in [-0.25, -0.2) is 4.79 Å². The SMILES string of the molecule is CC1CC(CC(=N)N)CCN1C(=O)O. The van der Waals surface area contributed by atoms with Crippen molar-refractivity contribution in [1.82, 2.24) is 4.90 Å². The first-order valence-electron chi connectivity index (χ1n) is 4.83. The van der Waals surface area contributed by atoms with Gasteiger partial charge in [0.25, 0.3) is 0 Å². The molecule has 0 bridgehead atoms. The van der Waals surface area contributed by atoms with Gasteiger partial charge in [-0.3, -0.25) is 5.41 Å². The molecular weight excluding hydrogens is 182 g/mol. The van der Waals surface area contributed by atoms with Gasteiger partial charge < -0.3 is 15.7 Å². The van der Waals surface area contributed by atoms with E-state index < -0.39 is 6.09 Å². The van der Waals surface area contributed by atoms with Gasteiger partial charge in [-0.2, -0.15) is 0 Å². The molecule has 0 aromatic rings. The van der Waals surface area contributed by atoms with Gasteiger partial charge in [-0.15, -0.1) is 0 Å². The third-order valence-corrected chi connectivity index (χ3v) is 2.74. The molecule has 0 radical (unpaired) electrons. The third-order valence-electron chi connectivity index (χ3n) is 2.74. The molecule has 2 unspecified atom stereocenters. The molecule has 5 nitrogen and oxygen atoms in total.